The monoisotopic (exact) mass is 180 g/mol. The van der Waals surface area contributed by atoms with E-state index in [0.29, 0.717) is 6.54 Å². The first kappa shape index (κ1) is 9.67. The van der Waals surface area contributed by atoms with Gasteiger partial charge >= 0.3 is 0 Å². The van der Waals surface area contributed by atoms with E-state index in [2.05, 4.69) is 0 Å². The van der Waals surface area contributed by atoms with Gasteiger partial charge in [-0.1, -0.05) is 18.2 Å². The molecule has 4 heteroatoms. The third-order valence-corrected chi connectivity index (χ3v) is 2.01. The number of hydrogen-bond acceptors (Lipinski definition) is 3. The van der Waals surface area contributed by atoms with Crippen LogP contribution in [0.25, 0.3) is 0 Å². The van der Waals surface area contributed by atoms with Crippen molar-refractivity contribution in [2.24, 2.45) is 5.73 Å². The maximum Gasteiger partial charge on any atom is 0.256 e. The van der Waals surface area contributed by atoms with E-state index in [1.54, 1.807) is 37.3 Å². The number of allylic oxidation sites excluding steroid dienone is 2. The summed E-state index contributed by atoms with van der Waals surface area (Å²) in [6, 6.07) is 0. The average Bonchev–Trinajstić information content (AvgIpc) is 2.28. The highest BCUT2D eigenvalue weighted by molar-refractivity contribution is 5.32. The second kappa shape index (κ2) is 3.53. The highest BCUT2D eigenvalue weighted by Crippen LogP contribution is 2.17. The van der Waals surface area contributed by atoms with Crippen molar-refractivity contribution in [3.8, 4) is 0 Å². The van der Waals surface area contributed by atoms with Crippen molar-refractivity contribution in [3.05, 3.63) is 46.1 Å². The Bertz CT molecular complexity index is 305. The van der Waals surface area contributed by atoms with Gasteiger partial charge < -0.3 is 5.73 Å². The summed E-state index contributed by atoms with van der Waals surface area (Å²) >= 11 is 0. The van der Waals surface area contributed by atoms with E-state index in [1.807, 2.05) is 0 Å². The minimum atomic E-state index is -1.10. The second-order valence-corrected chi connectivity index (χ2v) is 3.12. The molecule has 1 rings (SSSR count). The molecule has 0 fully saturated rings. The van der Waals surface area contributed by atoms with Crippen LogP contribution in [0.1, 0.15) is 6.92 Å². The summed E-state index contributed by atoms with van der Waals surface area (Å²) in [5.41, 5.74) is 5.20. The molecule has 13 heavy (non-hydrogen) atoms. The largest absolute Gasteiger partial charge is 0.326 e. The highest BCUT2D eigenvalue weighted by atomic mass is 16.6. The van der Waals surface area contributed by atoms with Gasteiger partial charge in [-0.25, -0.2) is 0 Å². The fraction of sp³-hybridized carbons (Fsp3) is 0.333. The lowest BCUT2D eigenvalue weighted by atomic mass is 10.0. The summed E-state index contributed by atoms with van der Waals surface area (Å²) in [5.74, 6) is 0. The zero-order chi connectivity index (χ0) is 9.90. The predicted molar refractivity (Wildman–Crippen MR) is 50.8 cm³/mol. The maximum atomic E-state index is 10.7. The molecule has 1 unspecified atom stereocenters. The third kappa shape index (κ3) is 2.03. The molecule has 70 valence electrons. The van der Waals surface area contributed by atoms with E-state index >= 15 is 0 Å². The van der Waals surface area contributed by atoms with Gasteiger partial charge in [-0.15, -0.1) is 0 Å². The Morgan fingerprint density at radius 2 is 2.31 bits per heavy atom. The standard InChI is InChI=1S/C9H12N2O2/c1-9(11(12)13)5-2-3-8(7-10)4-6-9/h2-6H,7,10H2,1H3. The molecule has 0 amide bonds. The van der Waals surface area contributed by atoms with Gasteiger partial charge in [0.1, 0.15) is 0 Å². The fourth-order valence-electron chi connectivity index (χ4n) is 1.01. The van der Waals surface area contributed by atoms with E-state index in [0.717, 1.165) is 5.57 Å². The SMILES string of the molecule is CC1([N+](=O)[O-])C=CC=C(CN)C=C1. The van der Waals surface area contributed by atoms with Crippen molar-refractivity contribution in [1.29, 1.82) is 0 Å². The molecule has 0 radical (unpaired) electrons. The smallest absolute Gasteiger partial charge is 0.256 e. The minimum absolute atomic E-state index is 0.326. The van der Waals surface area contributed by atoms with Crippen LogP contribution in [-0.2, 0) is 0 Å². The number of nitrogens with two attached hydrogens (primary N) is 1. The first-order valence-electron chi connectivity index (χ1n) is 4.01. The summed E-state index contributed by atoms with van der Waals surface area (Å²) in [6.45, 7) is 1.95. The number of rotatable bonds is 2. The Morgan fingerprint density at radius 3 is 2.85 bits per heavy atom. The zero-order valence-electron chi connectivity index (χ0n) is 7.43. The van der Waals surface area contributed by atoms with Crippen molar-refractivity contribution in [2.45, 2.75) is 12.5 Å². The molecule has 0 aromatic carbocycles. The quantitative estimate of drug-likeness (QED) is 0.509. The van der Waals surface area contributed by atoms with Crippen LogP contribution in [0.15, 0.2) is 36.0 Å². The van der Waals surface area contributed by atoms with Crippen molar-refractivity contribution >= 4 is 0 Å². The van der Waals surface area contributed by atoms with Crippen LogP contribution in [0.5, 0.6) is 0 Å². The molecule has 1 aliphatic rings. The van der Waals surface area contributed by atoms with Crippen LogP contribution in [0.4, 0.5) is 0 Å². The zero-order valence-corrected chi connectivity index (χ0v) is 7.43. The molecule has 0 aromatic rings. The van der Waals surface area contributed by atoms with E-state index in [1.165, 1.54) is 0 Å². The Morgan fingerprint density at radius 1 is 1.62 bits per heavy atom. The van der Waals surface area contributed by atoms with Gasteiger partial charge in [0, 0.05) is 18.4 Å². The van der Waals surface area contributed by atoms with Crippen molar-refractivity contribution in [1.82, 2.24) is 0 Å². The number of hydrogen-bond donors (Lipinski definition) is 1. The van der Waals surface area contributed by atoms with Gasteiger partial charge in [-0.3, -0.25) is 10.1 Å². The molecule has 0 saturated heterocycles. The molecular formula is C9H12N2O2. The van der Waals surface area contributed by atoms with Crippen LogP contribution >= 0.6 is 0 Å². The molecule has 0 heterocycles. The molecule has 1 atom stereocenters. The van der Waals surface area contributed by atoms with Crippen molar-refractivity contribution in [2.75, 3.05) is 6.54 Å². The lowest BCUT2D eigenvalue weighted by molar-refractivity contribution is -0.535. The first-order chi connectivity index (χ1) is 6.08. The molecule has 0 saturated carbocycles. The highest BCUT2D eigenvalue weighted by Gasteiger charge is 2.30. The lowest BCUT2D eigenvalue weighted by Gasteiger charge is -2.10. The van der Waals surface area contributed by atoms with Gasteiger partial charge in [0.05, 0.1) is 0 Å². The second-order valence-electron chi connectivity index (χ2n) is 3.12. The minimum Gasteiger partial charge on any atom is -0.326 e. The Balaban J connectivity index is 2.95. The van der Waals surface area contributed by atoms with Gasteiger partial charge in [-0.05, 0) is 17.7 Å². The molecule has 1 aliphatic carbocycles. The number of nitro groups is 1. The van der Waals surface area contributed by atoms with Crippen molar-refractivity contribution in [3.63, 3.8) is 0 Å². The van der Waals surface area contributed by atoms with E-state index in [4.69, 9.17) is 5.73 Å². The van der Waals surface area contributed by atoms with Gasteiger partial charge in [-0.2, -0.15) is 0 Å². The van der Waals surface area contributed by atoms with E-state index in [-0.39, 0.29) is 4.92 Å². The van der Waals surface area contributed by atoms with Crippen LogP contribution in [0.2, 0.25) is 0 Å². The van der Waals surface area contributed by atoms with Gasteiger partial charge in [0.25, 0.3) is 5.54 Å². The summed E-state index contributed by atoms with van der Waals surface area (Å²) in [5, 5.41) is 10.7. The topological polar surface area (TPSA) is 69.2 Å². The van der Waals surface area contributed by atoms with Crippen LogP contribution in [-0.4, -0.2) is 17.0 Å². The summed E-state index contributed by atoms with van der Waals surface area (Å²) in [7, 11) is 0. The summed E-state index contributed by atoms with van der Waals surface area (Å²) in [4.78, 5) is 10.3. The van der Waals surface area contributed by atoms with Crippen LogP contribution in [0, 0.1) is 10.1 Å². The normalized spacial score (nSPS) is 26.8. The van der Waals surface area contributed by atoms with Crippen molar-refractivity contribution < 1.29 is 4.92 Å². The van der Waals surface area contributed by atoms with Gasteiger partial charge in [0.2, 0.25) is 0 Å². The molecule has 2 N–H and O–H groups in total. The molecule has 0 aromatic heterocycles. The Hall–Kier alpha value is -1.42. The maximum absolute atomic E-state index is 10.7. The molecular weight excluding hydrogens is 168 g/mol. The number of nitrogens with zero attached hydrogens (tertiary/aromatic N) is 1. The van der Waals surface area contributed by atoms with Crippen LogP contribution < -0.4 is 5.73 Å². The predicted octanol–water partition coefficient (Wildman–Crippen LogP) is 1.03. The van der Waals surface area contributed by atoms with E-state index in [9.17, 15) is 10.1 Å². The molecule has 0 spiro atoms. The first-order valence-corrected chi connectivity index (χ1v) is 4.01. The van der Waals surface area contributed by atoms with Crippen LogP contribution in [0.3, 0.4) is 0 Å². The Labute approximate surface area is 76.6 Å². The third-order valence-electron chi connectivity index (χ3n) is 2.01. The van der Waals surface area contributed by atoms with Gasteiger partial charge in [0.15, 0.2) is 0 Å². The molecule has 0 bridgehead atoms. The lowest BCUT2D eigenvalue weighted by Crippen LogP contribution is -2.29. The molecule has 0 aliphatic heterocycles. The van der Waals surface area contributed by atoms with E-state index < -0.39 is 5.54 Å². The average molecular weight is 180 g/mol. The summed E-state index contributed by atoms with van der Waals surface area (Å²) in [6.07, 6.45) is 8.25. The fourth-order valence-corrected chi connectivity index (χ4v) is 1.01. The Kier molecular flexibility index (Phi) is 2.63. The summed E-state index contributed by atoms with van der Waals surface area (Å²) < 4.78 is 0. The molecule has 4 nitrogen and oxygen atoms in total.